The van der Waals surface area contributed by atoms with Gasteiger partial charge in [-0.25, -0.2) is 15.0 Å². The van der Waals surface area contributed by atoms with Gasteiger partial charge in [-0.15, -0.1) is 0 Å². The van der Waals surface area contributed by atoms with Crippen LogP contribution in [-0.2, 0) is 0 Å². The largest absolute Gasteiger partial charge is 0.454 e. The van der Waals surface area contributed by atoms with Crippen molar-refractivity contribution in [3.8, 4) is 51.0 Å². The van der Waals surface area contributed by atoms with Crippen LogP contribution in [0.3, 0.4) is 0 Å². The van der Waals surface area contributed by atoms with Gasteiger partial charge in [-0.05, 0) is 35.3 Å². The summed E-state index contributed by atoms with van der Waals surface area (Å²) in [5.74, 6) is 1.35. The predicted molar refractivity (Wildman–Crippen MR) is 203 cm³/mol. The maximum absolute atomic E-state index is 9.02. The fourth-order valence-electron chi connectivity index (χ4n) is 6.64. The van der Waals surface area contributed by atoms with E-state index in [1.165, 1.54) is 4.57 Å². The summed E-state index contributed by atoms with van der Waals surface area (Å²) in [6.07, 6.45) is 0. The van der Waals surface area contributed by atoms with Crippen molar-refractivity contribution in [3.05, 3.63) is 170 Å². The van der Waals surface area contributed by atoms with Crippen molar-refractivity contribution in [2.75, 3.05) is 0 Å². The second-order valence-corrected chi connectivity index (χ2v) is 11.8. The number of hydrogen-bond donors (Lipinski definition) is 0. The van der Waals surface area contributed by atoms with E-state index in [2.05, 4.69) is 12.1 Å². The molecule has 10 aromatic rings. The van der Waals surface area contributed by atoms with Gasteiger partial charge in [0.15, 0.2) is 23.1 Å². The Morgan fingerprint density at radius 2 is 1.00 bits per heavy atom. The molecule has 0 N–H and O–H groups in total. The van der Waals surface area contributed by atoms with Crippen molar-refractivity contribution in [2.24, 2.45) is 0 Å². The van der Waals surface area contributed by atoms with Gasteiger partial charge in [0.2, 0.25) is 0 Å². The topological polar surface area (TPSA) is 56.7 Å². The van der Waals surface area contributed by atoms with E-state index < -0.39 is 36.3 Å². The molecule has 5 nitrogen and oxygen atoms in total. The summed E-state index contributed by atoms with van der Waals surface area (Å²) in [5.41, 5.74) is 5.57. The van der Waals surface area contributed by atoms with Crippen LogP contribution in [0.1, 0.15) is 11.0 Å². The number of furan rings is 1. The van der Waals surface area contributed by atoms with Crippen molar-refractivity contribution in [2.45, 2.75) is 0 Å². The van der Waals surface area contributed by atoms with Crippen LogP contribution in [0.5, 0.6) is 0 Å². The zero-order chi connectivity index (χ0) is 40.0. The summed E-state index contributed by atoms with van der Waals surface area (Å²) in [4.78, 5) is 15.0. The zero-order valence-corrected chi connectivity index (χ0v) is 26.2. The molecule has 0 aliphatic rings. The molecule has 10 rings (SSSR count). The van der Waals surface area contributed by atoms with E-state index in [-0.39, 0.29) is 33.9 Å². The number of para-hydroxylation sites is 3. The average molecular weight is 649 g/mol. The molecule has 0 radical (unpaired) electrons. The highest BCUT2D eigenvalue weighted by atomic mass is 16.3. The van der Waals surface area contributed by atoms with Crippen molar-refractivity contribution in [1.29, 1.82) is 0 Å². The van der Waals surface area contributed by atoms with Gasteiger partial charge in [0.25, 0.3) is 0 Å². The molecule has 50 heavy (non-hydrogen) atoms. The quantitative estimate of drug-likeness (QED) is 0.186. The fourth-order valence-corrected chi connectivity index (χ4v) is 6.64. The molecular formula is C45H28N4O. The Bertz CT molecular complexity index is 3240. The summed E-state index contributed by atoms with van der Waals surface area (Å²) in [6, 6.07) is 35.2. The third kappa shape index (κ3) is 4.52. The molecule has 7 aromatic carbocycles. The maximum atomic E-state index is 9.02. The fraction of sp³-hybridized carbons (Fsp3) is 0. The van der Waals surface area contributed by atoms with Gasteiger partial charge < -0.3 is 8.98 Å². The lowest BCUT2D eigenvalue weighted by molar-refractivity contribution is 0.666. The normalized spacial score (nSPS) is 13.8. The second kappa shape index (κ2) is 11.4. The van der Waals surface area contributed by atoms with Crippen LogP contribution < -0.4 is 0 Å². The second-order valence-electron chi connectivity index (χ2n) is 11.8. The molecule has 234 valence electrons. The summed E-state index contributed by atoms with van der Waals surface area (Å²) < 4.78 is 77.8. The number of aromatic nitrogens is 4. The van der Waals surface area contributed by atoms with Crippen LogP contribution >= 0.6 is 0 Å². The number of benzene rings is 7. The molecule has 3 heterocycles. The minimum Gasteiger partial charge on any atom is -0.454 e. The first kappa shape index (κ1) is 21.2. The van der Waals surface area contributed by atoms with E-state index in [0.29, 0.717) is 50.7 Å². The predicted octanol–water partition coefficient (Wildman–Crippen LogP) is 11.5. The molecule has 3 aromatic heterocycles. The third-order valence-electron chi connectivity index (χ3n) is 8.93. The van der Waals surface area contributed by atoms with Crippen LogP contribution in [0.4, 0.5) is 0 Å². The van der Waals surface area contributed by atoms with E-state index in [9.17, 15) is 0 Å². The van der Waals surface area contributed by atoms with Gasteiger partial charge in [-0.3, -0.25) is 0 Å². The van der Waals surface area contributed by atoms with Gasteiger partial charge in [-0.1, -0.05) is 145 Å². The summed E-state index contributed by atoms with van der Waals surface area (Å²) >= 11 is 0. The van der Waals surface area contributed by atoms with Crippen molar-refractivity contribution >= 4 is 43.7 Å². The Kier molecular flexibility index (Phi) is 4.83. The van der Waals surface area contributed by atoms with Crippen LogP contribution in [-0.4, -0.2) is 19.5 Å². The van der Waals surface area contributed by atoms with Crippen LogP contribution in [0, 0.1) is 0 Å². The molecule has 0 aliphatic heterocycles. The number of fused-ring (bicyclic) bond motifs is 6. The molecule has 0 saturated heterocycles. The van der Waals surface area contributed by atoms with Crippen molar-refractivity contribution in [1.82, 2.24) is 19.5 Å². The van der Waals surface area contributed by atoms with Crippen LogP contribution in [0.15, 0.2) is 174 Å². The van der Waals surface area contributed by atoms with E-state index in [1.807, 2.05) is 97.1 Å². The first-order valence-electron chi connectivity index (χ1n) is 20.1. The highest BCUT2D eigenvalue weighted by molar-refractivity contribution is 6.15. The lowest BCUT2D eigenvalue weighted by Crippen LogP contribution is -2.00. The molecule has 0 amide bonds. The monoisotopic (exact) mass is 648 g/mol. The molecule has 0 aliphatic carbocycles. The number of nitrogens with zero attached hydrogens (tertiary/aromatic N) is 4. The lowest BCUT2D eigenvalue weighted by atomic mass is 10.0. The Morgan fingerprint density at radius 3 is 1.68 bits per heavy atom. The number of hydrogen-bond acceptors (Lipinski definition) is 4. The van der Waals surface area contributed by atoms with Gasteiger partial charge in [0.1, 0.15) is 5.58 Å². The molecule has 0 fully saturated rings. The minimum atomic E-state index is -0.505. The first-order valence-corrected chi connectivity index (χ1v) is 16.1. The summed E-state index contributed by atoms with van der Waals surface area (Å²) in [6.45, 7) is 0. The standard InChI is InChI=1S/C45H28N4O/c1-3-13-29(14-4-1)30-25-27-32(28-26-30)44-46-43(31-15-5-2-6-16-31)47-45(48-44)36-20-12-24-40-41(36)35-19-11-23-39(42(35)50-40)49-37-21-9-7-17-33(37)34-18-8-10-22-38(34)49/h1-28H/i7D,8D,9D,10D,17D,18D,21D,22D. The SMILES string of the molecule is [2H]c1c([2H])c([2H])c2c(c1[2H])c1c([2H])c([2H])c([2H])c([2H])c1n2-c1cccc2c1oc1cccc(-c3nc(-c4ccccc4)nc(-c4ccc(-c5ccccc5)cc4)n3)c12. The maximum Gasteiger partial charge on any atom is 0.164 e. The van der Waals surface area contributed by atoms with E-state index in [4.69, 9.17) is 30.3 Å². The smallest absolute Gasteiger partial charge is 0.164 e. The van der Waals surface area contributed by atoms with Crippen molar-refractivity contribution < 1.29 is 15.4 Å². The lowest BCUT2D eigenvalue weighted by Gasteiger charge is -2.10. The van der Waals surface area contributed by atoms with E-state index in [0.717, 1.165) is 22.3 Å². The molecule has 0 bridgehead atoms. The zero-order valence-electron chi connectivity index (χ0n) is 34.2. The van der Waals surface area contributed by atoms with Gasteiger partial charge >= 0.3 is 0 Å². The van der Waals surface area contributed by atoms with Crippen molar-refractivity contribution in [3.63, 3.8) is 0 Å². The van der Waals surface area contributed by atoms with Gasteiger partial charge in [-0.2, -0.15) is 0 Å². The van der Waals surface area contributed by atoms with Crippen LogP contribution in [0.2, 0.25) is 0 Å². The molecule has 0 unspecified atom stereocenters. The first-order chi connectivity index (χ1) is 28.1. The summed E-state index contributed by atoms with van der Waals surface area (Å²) in [7, 11) is 0. The molecule has 0 spiro atoms. The summed E-state index contributed by atoms with van der Waals surface area (Å²) in [5, 5.41) is 1.30. The van der Waals surface area contributed by atoms with E-state index in [1.54, 1.807) is 12.1 Å². The molecule has 5 heteroatoms. The Morgan fingerprint density at radius 1 is 0.460 bits per heavy atom. The minimum absolute atomic E-state index is 0.00840. The third-order valence-corrected chi connectivity index (χ3v) is 8.93. The molecule has 0 saturated carbocycles. The Labute approximate surface area is 299 Å². The molecular weight excluding hydrogens is 613 g/mol. The van der Waals surface area contributed by atoms with E-state index >= 15 is 0 Å². The van der Waals surface area contributed by atoms with Gasteiger partial charge in [0.05, 0.1) is 27.7 Å². The highest BCUT2D eigenvalue weighted by Gasteiger charge is 2.21. The van der Waals surface area contributed by atoms with Crippen LogP contribution in [0.25, 0.3) is 94.7 Å². The number of rotatable bonds is 5. The van der Waals surface area contributed by atoms with Gasteiger partial charge in [0, 0.05) is 38.2 Å². The average Bonchev–Trinajstić information content (AvgIpc) is 3.84. The highest BCUT2D eigenvalue weighted by Crippen LogP contribution is 2.41. The molecule has 0 atom stereocenters. The Hall–Kier alpha value is -6.85. The Balaban J connectivity index is 1.24.